The van der Waals surface area contributed by atoms with Gasteiger partial charge in [0, 0.05) is 51.6 Å². The summed E-state index contributed by atoms with van der Waals surface area (Å²) in [6, 6.07) is 11.1. The lowest BCUT2D eigenvalue weighted by atomic mass is 9.77. The Bertz CT molecular complexity index is 885. The third-order valence-corrected chi connectivity index (χ3v) is 6.24. The van der Waals surface area contributed by atoms with E-state index in [9.17, 15) is 9.59 Å². The van der Waals surface area contributed by atoms with Crippen molar-refractivity contribution in [2.24, 2.45) is 11.8 Å². The Morgan fingerprint density at radius 1 is 1.17 bits per heavy atom. The molecule has 2 fully saturated rings. The number of rotatable bonds is 6. The van der Waals surface area contributed by atoms with E-state index in [1.807, 2.05) is 29.2 Å². The second-order valence-corrected chi connectivity index (χ2v) is 8.01. The number of hydrogen-bond acceptors (Lipinski definition) is 5. The molecule has 1 saturated carbocycles. The predicted molar refractivity (Wildman–Crippen MR) is 111 cm³/mol. The van der Waals surface area contributed by atoms with Crippen LogP contribution in [0, 0.1) is 11.8 Å². The van der Waals surface area contributed by atoms with Gasteiger partial charge in [-0.3, -0.25) is 9.59 Å². The number of hydrogen-bond donors (Lipinski definition) is 1. The zero-order valence-corrected chi connectivity index (χ0v) is 16.7. The molecular weight excluding hydrogens is 368 g/mol. The number of ether oxygens (including phenoxy) is 1. The SMILES string of the molecule is CO[C@@H]1C[C@H]2CN(C(=O)CCn3ccccc3=O)C[C@H]2C[C@H]1Nc1ccccn1. The summed E-state index contributed by atoms with van der Waals surface area (Å²) < 4.78 is 7.36. The number of aryl methyl sites for hydroxylation is 1. The van der Waals surface area contributed by atoms with Crippen LogP contribution in [-0.4, -0.2) is 52.7 Å². The smallest absolute Gasteiger partial charge is 0.250 e. The highest BCUT2D eigenvalue weighted by Gasteiger charge is 2.43. The number of amides is 1. The fraction of sp³-hybridized carbons (Fsp3) is 0.500. The molecule has 0 bridgehead atoms. The molecule has 29 heavy (non-hydrogen) atoms. The molecule has 1 amide bonds. The maximum absolute atomic E-state index is 12.8. The molecule has 0 aromatic carbocycles. The number of carbonyl (C=O) groups is 1. The summed E-state index contributed by atoms with van der Waals surface area (Å²) in [5.74, 6) is 1.91. The monoisotopic (exact) mass is 396 g/mol. The van der Waals surface area contributed by atoms with Crippen molar-refractivity contribution in [3.05, 3.63) is 59.1 Å². The van der Waals surface area contributed by atoms with E-state index in [2.05, 4.69) is 10.3 Å². The van der Waals surface area contributed by atoms with Crippen molar-refractivity contribution in [2.45, 2.75) is 38.0 Å². The van der Waals surface area contributed by atoms with Crippen LogP contribution in [0.4, 0.5) is 5.82 Å². The molecular formula is C22H28N4O3. The summed E-state index contributed by atoms with van der Waals surface area (Å²) in [7, 11) is 1.76. The molecule has 154 valence electrons. The van der Waals surface area contributed by atoms with Crippen LogP contribution in [-0.2, 0) is 16.1 Å². The van der Waals surface area contributed by atoms with Gasteiger partial charge >= 0.3 is 0 Å². The van der Waals surface area contributed by atoms with Crippen LogP contribution in [0.2, 0.25) is 0 Å². The molecule has 7 heteroatoms. The van der Waals surface area contributed by atoms with Gasteiger partial charge in [-0.25, -0.2) is 4.98 Å². The van der Waals surface area contributed by atoms with Gasteiger partial charge in [-0.15, -0.1) is 0 Å². The first-order valence-electron chi connectivity index (χ1n) is 10.3. The van der Waals surface area contributed by atoms with Gasteiger partial charge in [0.2, 0.25) is 5.91 Å². The average molecular weight is 396 g/mol. The Labute approximate surface area is 170 Å². The number of anilines is 1. The summed E-state index contributed by atoms with van der Waals surface area (Å²) in [6.45, 7) is 1.99. The van der Waals surface area contributed by atoms with E-state index < -0.39 is 0 Å². The van der Waals surface area contributed by atoms with Gasteiger partial charge in [-0.1, -0.05) is 12.1 Å². The molecule has 1 aliphatic carbocycles. The van der Waals surface area contributed by atoms with Crippen LogP contribution in [0.5, 0.6) is 0 Å². The molecule has 4 atom stereocenters. The highest BCUT2D eigenvalue weighted by Crippen LogP contribution is 2.38. The van der Waals surface area contributed by atoms with Crippen LogP contribution in [0.25, 0.3) is 0 Å². The van der Waals surface area contributed by atoms with E-state index in [-0.39, 0.29) is 23.6 Å². The molecule has 0 radical (unpaired) electrons. The van der Waals surface area contributed by atoms with Crippen LogP contribution in [0.3, 0.4) is 0 Å². The lowest BCUT2D eigenvalue weighted by molar-refractivity contribution is -0.130. The standard InChI is InChI=1S/C22H28N4O3/c1-29-19-13-17-15-26(22(28)8-11-25-10-5-3-7-21(25)27)14-16(17)12-18(19)24-20-6-2-4-9-23-20/h2-7,9-10,16-19H,8,11-15H2,1H3,(H,23,24)/t16-,17+,18-,19-/m1/s1. The van der Waals surface area contributed by atoms with Crippen LogP contribution < -0.4 is 10.9 Å². The molecule has 7 nitrogen and oxygen atoms in total. The van der Waals surface area contributed by atoms with Crippen LogP contribution in [0.1, 0.15) is 19.3 Å². The topological polar surface area (TPSA) is 76.5 Å². The number of pyridine rings is 2. The Balaban J connectivity index is 1.35. The summed E-state index contributed by atoms with van der Waals surface area (Å²) in [5.41, 5.74) is -0.0678. The number of aromatic nitrogens is 2. The minimum atomic E-state index is -0.0678. The van der Waals surface area contributed by atoms with E-state index in [1.54, 1.807) is 30.1 Å². The highest BCUT2D eigenvalue weighted by molar-refractivity contribution is 5.76. The lowest BCUT2D eigenvalue weighted by Crippen LogP contribution is -2.44. The van der Waals surface area contributed by atoms with Crippen LogP contribution >= 0.6 is 0 Å². The molecule has 1 saturated heterocycles. The minimum absolute atomic E-state index is 0.0678. The van der Waals surface area contributed by atoms with Crippen molar-refractivity contribution in [1.29, 1.82) is 0 Å². The Morgan fingerprint density at radius 2 is 1.97 bits per heavy atom. The van der Waals surface area contributed by atoms with Crippen molar-refractivity contribution in [3.63, 3.8) is 0 Å². The zero-order valence-electron chi connectivity index (χ0n) is 16.7. The third kappa shape index (κ3) is 4.50. The van der Waals surface area contributed by atoms with Gasteiger partial charge in [0.05, 0.1) is 12.1 Å². The number of nitrogens with one attached hydrogen (secondary N) is 1. The third-order valence-electron chi connectivity index (χ3n) is 6.24. The minimum Gasteiger partial charge on any atom is -0.379 e. The zero-order chi connectivity index (χ0) is 20.2. The van der Waals surface area contributed by atoms with E-state index in [1.165, 1.54) is 6.07 Å². The van der Waals surface area contributed by atoms with Crippen molar-refractivity contribution >= 4 is 11.7 Å². The number of nitrogens with zero attached hydrogens (tertiary/aromatic N) is 3. The largest absolute Gasteiger partial charge is 0.379 e. The molecule has 4 rings (SSSR count). The molecule has 1 aliphatic heterocycles. The van der Waals surface area contributed by atoms with Crippen molar-refractivity contribution < 1.29 is 9.53 Å². The second-order valence-electron chi connectivity index (χ2n) is 8.01. The van der Waals surface area contributed by atoms with Gasteiger partial charge in [0.15, 0.2) is 0 Å². The molecule has 2 aromatic rings. The molecule has 3 heterocycles. The number of likely N-dealkylation sites (tertiary alicyclic amines) is 1. The van der Waals surface area contributed by atoms with Gasteiger partial charge < -0.3 is 19.5 Å². The maximum Gasteiger partial charge on any atom is 0.250 e. The summed E-state index contributed by atoms with van der Waals surface area (Å²) in [4.78, 5) is 30.9. The van der Waals surface area contributed by atoms with Crippen LogP contribution in [0.15, 0.2) is 53.6 Å². The summed E-state index contributed by atoms with van der Waals surface area (Å²) >= 11 is 0. The fourth-order valence-electron chi connectivity index (χ4n) is 4.69. The average Bonchev–Trinajstić information content (AvgIpc) is 3.16. The normalized spacial score (nSPS) is 26.2. The second kappa shape index (κ2) is 8.78. The molecule has 0 unspecified atom stereocenters. The Hall–Kier alpha value is -2.67. The maximum atomic E-state index is 12.8. The van der Waals surface area contributed by atoms with Gasteiger partial charge in [-0.05, 0) is 42.9 Å². The van der Waals surface area contributed by atoms with Crippen molar-refractivity contribution in [3.8, 4) is 0 Å². The van der Waals surface area contributed by atoms with E-state index in [0.29, 0.717) is 24.8 Å². The first kappa shape index (κ1) is 19.6. The van der Waals surface area contributed by atoms with Crippen molar-refractivity contribution in [2.75, 3.05) is 25.5 Å². The fourth-order valence-corrected chi connectivity index (χ4v) is 4.69. The quantitative estimate of drug-likeness (QED) is 0.808. The molecule has 2 aromatic heterocycles. The van der Waals surface area contributed by atoms with E-state index in [0.717, 1.165) is 31.7 Å². The summed E-state index contributed by atoms with van der Waals surface area (Å²) in [5, 5.41) is 3.51. The number of fused-ring (bicyclic) bond motifs is 1. The van der Waals surface area contributed by atoms with E-state index >= 15 is 0 Å². The summed E-state index contributed by atoms with van der Waals surface area (Å²) in [6.07, 6.45) is 5.87. The molecule has 0 spiro atoms. The van der Waals surface area contributed by atoms with Gasteiger partial charge in [0.25, 0.3) is 5.56 Å². The number of methoxy groups -OCH3 is 1. The Kier molecular flexibility index (Phi) is 5.94. The van der Waals surface area contributed by atoms with Gasteiger partial charge in [0.1, 0.15) is 5.82 Å². The number of carbonyl (C=O) groups excluding carboxylic acids is 1. The molecule has 2 aliphatic rings. The van der Waals surface area contributed by atoms with E-state index in [4.69, 9.17) is 4.74 Å². The predicted octanol–water partition coefficient (Wildman–Crippen LogP) is 2.00. The first-order valence-corrected chi connectivity index (χ1v) is 10.3. The molecule has 1 N–H and O–H groups in total. The Morgan fingerprint density at radius 3 is 2.69 bits per heavy atom. The van der Waals surface area contributed by atoms with Gasteiger partial charge in [-0.2, -0.15) is 0 Å². The first-order chi connectivity index (χ1) is 14.1. The lowest BCUT2D eigenvalue weighted by Gasteiger charge is -2.37. The van der Waals surface area contributed by atoms with Crippen molar-refractivity contribution in [1.82, 2.24) is 14.5 Å². The highest BCUT2D eigenvalue weighted by atomic mass is 16.5.